The molecule has 1 fully saturated rings. The second-order valence-electron chi connectivity index (χ2n) is 8.08. The summed E-state index contributed by atoms with van der Waals surface area (Å²) in [6.45, 7) is 0. The van der Waals surface area contributed by atoms with Crippen molar-refractivity contribution in [3.8, 4) is 5.75 Å². The average Bonchev–Trinajstić information content (AvgIpc) is 3.06. The number of amides is 1. The maximum atomic E-state index is 13.3. The van der Waals surface area contributed by atoms with Crippen LogP contribution < -0.4 is 10.1 Å². The molecular formula is C24H32N2O4S. The molecule has 0 aromatic heterocycles. The zero-order valence-electron chi connectivity index (χ0n) is 18.3. The number of carbonyl (C=O) groups excluding carboxylic acids is 1. The molecular weight excluding hydrogens is 412 g/mol. The highest BCUT2D eigenvalue weighted by Crippen LogP contribution is 2.30. The molecule has 1 atom stereocenters. The summed E-state index contributed by atoms with van der Waals surface area (Å²) in [5.41, 5.74) is 0.749. The van der Waals surface area contributed by atoms with Crippen molar-refractivity contribution in [1.29, 1.82) is 0 Å². The van der Waals surface area contributed by atoms with Gasteiger partial charge in [0, 0.05) is 19.5 Å². The van der Waals surface area contributed by atoms with Crippen LogP contribution in [0.1, 0.15) is 56.6 Å². The van der Waals surface area contributed by atoms with Gasteiger partial charge in [0.25, 0.3) is 0 Å². The lowest BCUT2D eigenvalue weighted by Crippen LogP contribution is -2.39. The van der Waals surface area contributed by atoms with Crippen LogP contribution in [-0.4, -0.2) is 38.8 Å². The summed E-state index contributed by atoms with van der Waals surface area (Å²) >= 11 is 0. The van der Waals surface area contributed by atoms with Crippen molar-refractivity contribution in [2.24, 2.45) is 0 Å². The first kappa shape index (κ1) is 23.3. The fourth-order valence-corrected chi connectivity index (χ4v) is 5.46. The molecule has 1 aliphatic rings. The molecule has 2 aromatic rings. The Balaban J connectivity index is 1.84. The van der Waals surface area contributed by atoms with Gasteiger partial charge in [-0.1, -0.05) is 56.0 Å². The van der Waals surface area contributed by atoms with E-state index >= 15 is 0 Å². The molecule has 0 radical (unpaired) electrons. The largest absolute Gasteiger partial charge is 0.497 e. The van der Waals surface area contributed by atoms with Crippen LogP contribution in [0.15, 0.2) is 59.5 Å². The lowest BCUT2D eigenvalue weighted by molar-refractivity contribution is -0.122. The quantitative estimate of drug-likeness (QED) is 0.617. The first-order valence-corrected chi connectivity index (χ1v) is 12.3. The molecule has 1 amide bonds. The summed E-state index contributed by atoms with van der Waals surface area (Å²) in [6, 6.07) is 15.1. The smallest absolute Gasteiger partial charge is 0.243 e. The molecule has 0 aliphatic heterocycles. The van der Waals surface area contributed by atoms with E-state index in [1.807, 2.05) is 12.1 Å². The number of rotatable bonds is 8. The van der Waals surface area contributed by atoms with Crippen LogP contribution in [0.3, 0.4) is 0 Å². The lowest BCUT2D eigenvalue weighted by Gasteiger charge is -2.28. The molecule has 1 N–H and O–H groups in total. The maximum Gasteiger partial charge on any atom is 0.243 e. The van der Waals surface area contributed by atoms with Crippen LogP contribution in [0.2, 0.25) is 0 Å². The van der Waals surface area contributed by atoms with Crippen molar-refractivity contribution in [3.05, 3.63) is 60.2 Å². The number of nitrogens with zero attached hydrogens (tertiary/aromatic N) is 1. The zero-order valence-corrected chi connectivity index (χ0v) is 19.1. The molecule has 0 spiro atoms. The molecule has 0 unspecified atom stereocenters. The molecule has 0 bridgehead atoms. The van der Waals surface area contributed by atoms with Gasteiger partial charge in [0.15, 0.2) is 0 Å². The third-order valence-electron chi connectivity index (χ3n) is 5.96. The van der Waals surface area contributed by atoms with Gasteiger partial charge in [-0.25, -0.2) is 8.42 Å². The standard InChI is InChI=1S/C24H32N2O4S/c1-26(31(28,29)22-12-8-5-9-13-22)23(19-14-16-21(30-2)17-15-19)18-24(27)25-20-10-6-3-4-7-11-20/h5,8-9,12-17,20,23H,3-4,6-7,10-11,18H2,1-2H3,(H,25,27)/t23-/m1/s1. The predicted molar refractivity (Wildman–Crippen MR) is 121 cm³/mol. The van der Waals surface area contributed by atoms with Crippen molar-refractivity contribution in [2.45, 2.75) is 61.9 Å². The number of hydrogen-bond donors (Lipinski definition) is 1. The van der Waals surface area contributed by atoms with Crippen molar-refractivity contribution in [3.63, 3.8) is 0 Å². The Labute approximate surface area is 185 Å². The molecule has 31 heavy (non-hydrogen) atoms. The molecule has 1 saturated carbocycles. The van der Waals surface area contributed by atoms with E-state index in [9.17, 15) is 13.2 Å². The van der Waals surface area contributed by atoms with E-state index in [0.717, 1.165) is 31.2 Å². The van der Waals surface area contributed by atoms with E-state index in [-0.39, 0.29) is 23.3 Å². The second-order valence-corrected chi connectivity index (χ2v) is 10.1. The second kappa shape index (κ2) is 10.8. The summed E-state index contributed by atoms with van der Waals surface area (Å²) in [7, 11) is -0.645. The number of carbonyl (C=O) groups is 1. The van der Waals surface area contributed by atoms with Gasteiger partial charge in [-0.15, -0.1) is 0 Å². The van der Waals surface area contributed by atoms with Gasteiger partial charge in [-0.05, 0) is 42.7 Å². The summed E-state index contributed by atoms with van der Waals surface area (Å²) in [6.07, 6.45) is 6.68. The van der Waals surface area contributed by atoms with Gasteiger partial charge < -0.3 is 10.1 Å². The van der Waals surface area contributed by atoms with Gasteiger partial charge in [0.05, 0.1) is 18.0 Å². The number of ether oxygens (including phenoxy) is 1. The maximum absolute atomic E-state index is 13.3. The number of nitrogens with one attached hydrogen (secondary N) is 1. The highest BCUT2D eigenvalue weighted by molar-refractivity contribution is 7.89. The third-order valence-corrected chi connectivity index (χ3v) is 7.84. The first-order valence-electron chi connectivity index (χ1n) is 10.9. The van der Waals surface area contributed by atoms with Crippen LogP contribution in [0, 0.1) is 0 Å². The van der Waals surface area contributed by atoms with Crippen molar-refractivity contribution >= 4 is 15.9 Å². The Bertz CT molecular complexity index is 937. The number of methoxy groups -OCH3 is 1. The minimum absolute atomic E-state index is 0.0609. The van der Waals surface area contributed by atoms with Gasteiger partial charge in [0.1, 0.15) is 5.75 Å². The van der Waals surface area contributed by atoms with Gasteiger partial charge in [-0.2, -0.15) is 4.31 Å². The fourth-order valence-electron chi connectivity index (χ4n) is 4.09. The predicted octanol–water partition coefficient (Wildman–Crippen LogP) is 4.29. The van der Waals surface area contributed by atoms with E-state index in [2.05, 4.69) is 5.32 Å². The van der Waals surface area contributed by atoms with Crippen molar-refractivity contribution in [2.75, 3.05) is 14.2 Å². The molecule has 2 aromatic carbocycles. The topological polar surface area (TPSA) is 75.7 Å². The van der Waals surface area contributed by atoms with Gasteiger partial charge >= 0.3 is 0 Å². The van der Waals surface area contributed by atoms with Crippen molar-refractivity contribution in [1.82, 2.24) is 9.62 Å². The summed E-state index contributed by atoms with van der Waals surface area (Å²) in [4.78, 5) is 13.1. The molecule has 6 nitrogen and oxygen atoms in total. The van der Waals surface area contributed by atoms with E-state index < -0.39 is 16.1 Å². The Kier molecular flexibility index (Phi) is 8.09. The number of benzene rings is 2. The highest BCUT2D eigenvalue weighted by Gasteiger charge is 2.31. The molecule has 0 heterocycles. The lowest BCUT2D eigenvalue weighted by atomic mass is 10.0. The van der Waals surface area contributed by atoms with Crippen LogP contribution in [0.4, 0.5) is 0 Å². The molecule has 168 valence electrons. The Morgan fingerprint density at radius 1 is 1.03 bits per heavy atom. The molecule has 3 rings (SSSR count). The average molecular weight is 445 g/mol. The summed E-state index contributed by atoms with van der Waals surface area (Å²) in [5, 5.41) is 3.14. The first-order chi connectivity index (χ1) is 14.9. The number of sulfonamides is 1. The normalized spacial score (nSPS) is 16.5. The SMILES string of the molecule is COc1ccc([C@@H](CC(=O)NC2CCCCCC2)N(C)S(=O)(=O)c2ccccc2)cc1. The highest BCUT2D eigenvalue weighted by atomic mass is 32.2. The van der Waals surface area contributed by atoms with E-state index in [1.54, 1.807) is 49.6 Å². The minimum atomic E-state index is -3.76. The Morgan fingerprint density at radius 3 is 2.23 bits per heavy atom. The van der Waals surface area contributed by atoms with Gasteiger partial charge in [0.2, 0.25) is 15.9 Å². The number of hydrogen-bond acceptors (Lipinski definition) is 4. The van der Waals surface area contributed by atoms with Crippen LogP contribution in [0.5, 0.6) is 5.75 Å². The summed E-state index contributed by atoms with van der Waals surface area (Å²) < 4.78 is 33.0. The van der Waals surface area contributed by atoms with Gasteiger partial charge in [-0.3, -0.25) is 4.79 Å². The summed E-state index contributed by atoms with van der Waals surface area (Å²) in [5.74, 6) is 0.557. The third kappa shape index (κ3) is 6.08. The molecule has 0 saturated heterocycles. The zero-order chi connectivity index (χ0) is 22.3. The minimum Gasteiger partial charge on any atom is -0.497 e. The van der Waals surface area contributed by atoms with Crippen molar-refractivity contribution < 1.29 is 17.9 Å². The Morgan fingerprint density at radius 2 is 1.65 bits per heavy atom. The molecule has 1 aliphatic carbocycles. The van der Waals surface area contributed by atoms with E-state index in [1.165, 1.54) is 24.2 Å². The fraction of sp³-hybridized carbons (Fsp3) is 0.458. The Hall–Kier alpha value is -2.38. The monoisotopic (exact) mass is 444 g/mol. The molecule has 7 heteroatoms. The van der Waals surface area contributed by atoms with E-state index in [0.29, 0.717) is 5.75 Å². The van der Waals surface area contributed by atoms with Crippen LogP contribution >= 0.6 is 0 Å². The van der Waals surface area contributed by atoms with E-state index in [4.69, 9.17) is 4.74 Å². The van der Waals surface area contributed by atoms with Crippen LogP contribution in [0.25, 0.3) is 0 Å². The van der Waals surface area contributed by atoms with Crippen LogP contribution in [-0.2, 0) is 14.8 Å².